The van der Waals surface area contributed by atoms with Gasteiger partial charge in [0.05, 0.1) is 12.2 Å². The second kappa shape index (κ2) is 3.29. The van der Waals surface area contributed by atoms with E-state index in [1.165, 1.54) is 0 Å². The smallest absolute Gasteiger partial charge is 0.142 e. The molecule has 1 aromatic carbocycles. The first-order valence-electron chi connectivity index (χ1n) is 4.77. The van der Waals surface area contributed by atoms with Crippen LogP contribution in [0.4, 0.5) is 5.69 Å². The molecule has 2 heteroatoms. The third-order valence-electron chi connectivity index (χ3n) is 2.40. The lowest BCUT2D eigenvalue weighted by Crippen LogP contribution is -2.34. The number of para-hydroxylation sites is 2. The van der Waals surface area contributed by atoms with Crippen LogP contribution in [0.2, 0.25) is 0 Å². The van der Waals surface area contributed by atoms with Crippen molar-refractivity contribution in [3.05, 3.63) is 24.3 Å². The summed E-state index contributed by atoms with van der Waals surface area (Å²) in [7, 11) is 0. The molecule has 0 amide bonds. The lowest BCUT2D eigenvalue weighted by atomic mass is 10.1. The van der Waals surface area contributed by atoms with Crippen molar-refractivity contribution in [1.29, 1.82) is 0 Å². The molecule has 0 spiro atoms. The summed E-state index contributed by atoms with van der Waals surface area (Å²) in [6.07, 6.45) is 0.301. The van der Waals surface area contributed by atoms with Crippen LogP contribution in [0.25, 0.3) is 0 Å². The van der Waals surface area contributed by atoms with Gasteiger partial charge in [0.1, 0.15) is 11.9 Å². The molecule has 1 aliphatic heterocycles. The van der Waals surface area contributed by atoms with Gasteiger partial charge in [-0.25, -0.2) is 0 Å². The van der Waals surface area contributed by atoms with E-state index < -0.39 is 0 Å². The van der Waals surface area contributed by atoms with Gasteiger partial charge in [-0.2, -0.15) is 0 Å². The van der Waals surface area contributed by atoms with Gasteiger partial charge in [-0.05, 0) is 18.1 Å². The monoisotopic (exact) mass is 177 g/mol. The predicted octanol–water partition coefficient (Wildman–Crippen LogP) is 2.52. The van der Waals surface area contributed by atoms with E-state index in [4.69, 9.17) is 4.74 Å². The third-order valence-corrected chi connectivity index (χ3v) is 2.40. The highest BCUT2D eigenvalue weighted by atomic mass is 16.5. The first kappa shape index (κ1) is 8.42. The summed E-state index contributed by atoms with van der Waals surface area (Å²) in [5, 5.41) is 3.37. The molecule has 1 atom stereocenters. The highest BCUT2D eigenvalue weighted by Gasteiger charge is 2.20. The number of benzene rings is 1. The Hall–Kier alpha value is -1.18. The quantitative estimate of drug-likeness (QED) is 0.711. The molecule has 1 heterocycles. The summed E-state index contributed by atoms with van der Waals surface area (Å²) >= 11 is 0. The Kier molecular flexibility index (Phi) is 2.13. The Bertz CT molecular complexity index is 296. The summed E-state index contributed by atoms with van der Waals surface area (Å²) in [5.41, 5.74) is 1.11. The molecule has 70 valence electrons. The van der Waals surface area contributed by atoms with Crippen LogP contribution < -0.4 is 10.1 Å². The molecule has 0 saturated heterocycles. The van der Waals surface area contributed by atoms with Crippen LogP contribution in [0, 0.1) is 5.92 Å². The van der Waals surface area contributed by atoms with Crippen molar-refractivity contribution in [2.75, 3.05) is 11.9 Å². The van der Waals surface area contributed by atoms with E-state index in [2.05, 4.69) is 19.2 Å². The molecule has 1 aromatic rings. The zero-order chi connectivity index (χ0) is 9.26. The van der Waals surface area contributed by atoms with E-state index in [1.54, 1.807) is 0 Å². The first-order valence-corrected chi connectivity index (χ1v) is 4.77. The summed E-state index contributed by atoms with van der Waals surface area (Å²) in [5.74, 6) is 1.54. The third kappa shape index (κ3) is 1.62. The SMILES string of the molecule is CC(C)C1CNc2ccccc2O1. The molecular formula is C11H15NO. The Labute approximate surface area is 78.9 Å². The maximum absolute atomic E-state index is 5.83. The van der Waals surface area contributed by atoms with E-state index >= 15 is 0 Å². The van der Waals surface area contributed by atoms with Gasteiger partial charge in [0, 0.05) is 0 Å². The standard InChI is InChI=1S/C11H15NO/c1-8(2)11-7-12-9-5-3-4-6-10(9)13-11/h3-6,8,11-12H,7H2,1-2H3. The number of fused-ring (bicyclic) bond motifs is 1. The van der Waals surface area contributed by atoms with Crippen LogP contribution in [0.1, 0.15) is 13.8 Å². The van der Waals surface area contributed by atoms with Gasteiger partial charge in [-0.3, -0.25) is 0 Å². The molecule has 0 saturated carbocycles. The maximum Gasteiger partial charge on any atom is 0.142 e. The zero-order valence-electron chi connectivity index (χ0n) is 8.08. The summed E-state index contributed by atoms with van der Waals surface area (Å²) in [4.78, 5) is 0. The van der Waals surface area contributed by atoms with Crippen molar-refractivity contribution in [2.45, 2.75) is 20.0 Å². The molecule has 0 aliphatic carbocycles. The Morgan fingerprint density at radius 1 is 1.38 bits per heavy atom. The topological polar surface area (TPSA) is 21.3 Å². The molecule has 0 fully saturated rings. The molecule has 0 radical (unpaired) electrons. The summed E-state index contributed by atoms with van der Waals surface area (Å²) < 4.78 is 5.83. The molecular weight excluding hydrogens is 162 g/mol. The maximum atomic E-state index is 5.83. The van der Waals surface area contributed by atoms with Gasteiger partial charge in [-0.15, -0.1) is 0 Å². The van der Waals surface area contributed by atoms with Gasteiger partial charge < -0.3 is 10.1 Å². The molecule has 1 unspecified atom stereocenters. The number of hydrogen-bond donors (Lipinski definition) is 1. The van der Waals surface area contributed by atoms with E-state index in [-0.39, 0.29) is 0 Å². The first-order chi connectivity index (χ1) is 6.27. The van der Waals surface area contributed by atoms with E-state index in [1.807, 2.05) is 24.3 Å². The van der Waals surface area contributed by atoms with Gasteiger partial charge in [0.15, 0.2) is 0 Å². The molecule has 1 aliphatic rings. The van der Waals surface area contributed by atoms with Gasteiger partial charge >= 0.3 is 0 Å². The fourth-order valence-corrected chi connectivity index (χ4v) is 1.50. The number of ether oxygens (including phenoxy) is 1. The highest BCUT2D eigenvalue weighted by molar-refractivity contribution is 5.57. The Balaban J connectivity index is 2.20. The van der Waals surface area contributed by atoms with Crippen molar-refractivity contribution < 1.29 is 4.74 Å². The average molecular weight is 177 g/mol. The van der Waals surface area contributed by atoms with E-state index in [9.17, 15) is 0 Å². The Morgan fingerprint density at radius 2 is 2.15 bits per heavy atom. The van der Waals surface area contributed by atoms with Crippen LogP contribution in [-0.4, -0.2) is 12.6 Å². The van der Waals surface area contributed by atoms with Gasteiger partial charge in [-0.1, -0.05) is 26.0 Å². The normalized spacial score (nSPS) is 20.4. The largest absolute Gasteiger partial charge is 0.486 e. The van der Waals surface area contributed by atoms with Gasteiger partial charge in [0.2, 0.25) is 0 Å². The second-order valence-corrected chi connectivity index (χ2v) is 3.78. The lowest BCUT2D eigenvalue weighted by Gasteiger charge is -2.29. The fraction of sp³-hybridized carbons (Fsp3) is 0.455. The zero-order valence-corrected chi connectivity index (χ0v) is 8.08. The van der Waals surface area contributed by atoms with Crippen molar-refractivity contribution in [1.82, 2.24) is 0 Å². The lowest BCUT2D eigenvalue weighted by molar-refractivity contribution is 0.156. The molecule has 0 aromatic heterocycles. The minimum Gasteiger partial charge on any atom is -0.486 e. The Morgan fingerprint density at radius 3 is 2.92 bits per heavy atom. The number of nitrogens with one attached hydrogen (secondary N) is 1. The van der Waals surface area contributed by atoms with Crippen LogP contribution in [-0.2, 0) is 0 Å². The molecule has 1 N–H and O–H groups in total. The minimum atomic E-state index is 0.301. The van der Waals surface area contributed by atoms with Gasteiger partial charge in [0.25, 0.3) is 0 Å². The number of rotatable bonds is 1. The fourth-order valence-electron chi connectivity index (χ4n) is 1.50. The average Bonchev–Trinajstić information content (AvgIpc) is 2.17. The number of hydrogen-bond acceptors (Lipinski definition) is 2. The minimum absolute atomic E-state index is 0.301. The van der Waals surface area contributed by atoms with Crippen molar-refractivity contribution in [3.8, 4) is 5.75 Å². The van der Waals surface area contributed by atoms with E-state index in [0.717, 1.165) is 18.0 Å². The van der Waals surface area contributed by atoms with Crippen LogP contribution in [0.5, 0.6) is 5.75 Å². The van der Waals surface area contributed by atoms with Crippen LogP contribution in [0.3, 0.4) is 0 Å². The highest BCUT2D eigenvalue weighted by Crippen LogP contribution is 2.29. The van der Waals surface area contributed by atoms with Crippen molar-refractivity contribution in [2.24, 2.45) is 5.92 Å². The number of anilines is 1. The molecule has 13 heavy (non-hydrogen) atoms. The molecule has 0 bridgehead atoms. The van der Waals surface area contributed by atoms with Crippen molar-refractivity contribution >= 4 is 5.69 Å². The van der Waals surface area contributed by atoms with Crippen molar-refractivity contribution in [3.63, 3.8) is 0 Å². The summed E-state index contributed by atoms with van der Waals surface area (Å²) in [6.45, 7) is 5.27. The predicted molar refractivity (Wildman–Crippen MR) is 54.2 cm³/mol. The van der Waals surface area contributed by atoms with E-state index in [0.29, 0.717) is 12.0 Å². The molecule has 2 nitrogen and oxygen atoms in total. The van der Waals surface area contributed by atoms with Crippen LogP contribution >= 0.6 is 0 Å². The summed E-state index contributed by atoms with van der Waals surface area (Å²) in [6, 6.07) is 8.08. The second-order valence-electron chi connectivity index (χ2n) is 3.78. The molecule has 2 rings (SSSR count). The van der Waals surface area contributed by atoms with Crippen LogP contribution in [0.15, 0.2) is 24.3 Å².